The van der Waals surface area contributed by atoms with Gasteiger partial charge < -0.3 is 0 Å². The summed E-state index contributed by atoms with van der Waals surface area (Å²) >= 11 is 3.15. The maximum atomic E-state index is 12.0. The first-order valence-electron chi connectivity index (χ1n) is 5.59. The van der Waals surface area contributed by atoms with Crippen LogP contribution < -0.4 is 0 Å². The molecule has 2 nitrogen and oxygen atoms in total. The zero-order valence-electron chi connectivity index (χ0n) is 9.94. The van der Waals surface area contributed by atoms with E-state index in [1.807, 2.05) is 13.8 Å². The Kier molecular flexibility index (Phi) is 3.23. The van der Waals surface area contributed by atoms with Crippen LogP contribution in [0.1, 0.15) is 27.7 Å². The largest absolute Gasteiger partial charge is 0.293 e. The van der Waals surface area contributed by atoms with Gasteiger partial charge in [0, 0.05) is 22.3 Å². The highest BCUT2D eigenvalue weighted by atomic mass is 32.2. The van der Waals surface area contributed by atoms with Gasteiger partial charge in [-0.3, -0.25) is 9.59 Å². The molecule has 4 atom stereocenters. The molecule has 0 bridgehead atoms. The molecule has 0 saturated carbocycles. The van der Waals surface area contributed by atoms with Gasteiger partial charge >= 0.3 is 0 Å². The molecule has 2 aliphatic rings. The summed E-state index contributed by atoms with van der Waals surface area (Å²) in [7, 11) is 0. The van der Waals surface area contributed by atoms with Crippen LogP contribution in [0.25, 0.3) is 0 Å². The lowest BCUT2D eigenvalue weighted by atomic mass is 10.00. The first-order chi connectivity index (χ1) is 7.43. The SMILES string of the molecule is CC1S/C(=C2/SC(C)C(C)C2=O)C(=O)C1C. The number of hydrogen-bond acceptors (Lipinski definition) is 4. The molecule has 0 spiro atoms. The van der Waals surface area contributed by atoms with Crippen molar-refractivity contribution in [2.24, 2.45) is 11.8 Å². The van der Waals surface area contributed by atoms with E-state index in [2.05, 4.69) is 13.8 Å². The second-order valence-corrected chi connectivity index (χ2v) is 7.39. The van der Waals surface area contributed by atoms with Gasteiger partial charge in [-0.05, 0) is 0 Å². The van der Waals surface area contributed by atoms with E-state index in [0.717, 1.165) is 9.81 Å². The van der Waals surface area contributed by atoms with Crippen molar-refractivity contribution < 1.29 is 9.59 Å². The number of allylic oxidation sites excluding steroid dienone is 2. The fourth-order valence-corrected chi connectivity index (χ4v) is 4.57. The topological polar surface area (TPSA) is 34.1 Å². The summed E-state index contributed by atoms with van der Waals surface area (Å²) in [6.07, 6.45) is 0. The van der Waals surface area contributed by atoms with Crippen molar-refractivity contribution in [1.82, 2.24) is 0 Å². The average molecular weight is 256 g/mol. The van der Waals surface area contributed by atoms with Gasteiger partial charge in [-0.25, -0.2) is 0 Å². The molecule has 2 fully saturated rings. The number of carbonyl (C=O) groups is 2. The van der Waals surface area contributed by atoms with Crippen LogP contribution in [0.4, 0.5) is 0 Å². The van der Waals surface area contributed by atoms with Crippen LogP contribution in [0, 0.1) is 11.8 Å². The summed E-state index contributed by atoms with van der Waals surface area (Å²) in [6, 6.07) is 0. The smallest absolute Gasteiger partial charge is 0.174 e. The Morgan fingerprint density at radius 2 is 1.06 bits per heavy atom. The van der Waals surface area contributed by atoms with E-state index in [0.29, 0.717) is 10.5 Å². The quantitative estimate of drug-likeness (QED) is 0.624. The first-order valence-corrected chi connectivity index (χ1v) is 7.35. The molecule has 0 aromatic heterocycles. The Bertz CT molecular complexity index is 350. The maximum Gasteiger partial charge on any atom is 0.174 e. The van der Waals surface area contributed by atoms with Crippen molar-refractivity contribution in [3.05, 3.63) is 9.81 Å². The standard InChI is InChI=1S/C12H16O2S2/c1-5-7(3)15-11(9(5)13)12-10(14)6(2)8(4)16-12/h5-8H,1-4H3/b12-11+. The lowest BCUT2D eigenvalue weighted by molar-refractivity contribution is -0.119. The molecule has 0 amide bonds. The van der Waals surface area contributed by atoms with E-state index < -0.39 is 0 Å². The number of carbonyl (C=O) groups excluding carboxylic acids is 2. The minimum absolute atomic E-state index is 0.0483. The zero-order valence-corrected chi connectivity index (χ0v) is 11.6. The monoisotopic (exact) mass is 256 g/mol. The van der Waals surface area contributed by atoms with E-state index in [1.54, 1.807) is 23.5 Å². The molecule has 16 heavy (non-hydrogen) atoms. The van der Waals surface area contributed by atoms with E-state index in [1.165, 1.54) is 0 Å². The molecule has 2 heterocycles. The van der Waals surface area contributed by atoms with Crippen molar-refractivity contribution in [1.29, 1.82) is 0 Å². The van der Waals surface area contributed by atoms with Crippen molar-refractivity contribution in [3.63, 3.8) is 0 Å². The normalized spacial score (nSPS) is 44.5. The number of Topliss-reactive ketones (excluding diaryl/α,β-unsaturated/α-hetero) is 2. The highest BCUT2D eigenvalue weighted by Crippen LogP contribution is 2.48. The molecule has 0 aromatic carbocycles. The highest BCUT2D eigenvalue weighted by Gasteiger charge is 2.41. The van der Waals surface area contributed by atoms with E-state index in [-0.39, 0.29) is 23.4 Å². The number of rotatable bonds is 0. The molecular formula is C12H16O2S2. The molecule has 0 aliphatic carbocycles. The summed E-state index contributed by atoms with van der Waals surface area (Å²) in [5.41, 5.74) is 0. The molecule has 2 rings (SSSR count). The first kappa shape index (κ1) is 12.2. The van der Waals surface area contributed by atoms with Gasteiger partial charge in [0.25, 0.3) is 0 Å². The van der Waals surface area contributed by atoms with E-state index in [9.17, 15) is 9.59 Å². The Morgan fingerprint density at radius 3 is 1.25 bits per heavy atom. The lowest BCUT2D eigenvalue weighted by Gasteiger charge is -2.01. The summed E-state index contributed by atoms with van der Waals surface area (Å²) in [5.74, 6) is 0.420. The van der Waals surface area contributed by atoms with Gasteiger partial charge in [-0.1, -0.05) is 27.7 Å². The molecule has 2 saturated heterocycles. The Morgan fingerprint density at radius 1 is 0.750 bits per heavy atom. The van der Waals surface area contributed by atoms with Crippen LogP contribution in [0.5, 0.6) is 0 Å². The predicted octanol–water partition coefficient (Wildman–Crippen LogP) is 2.88. The van der Waals surface area contributed by atoms with Crippen molar-refractivity contribution in [3.8, 4) is 0 Å². The highest BCUT2D eigenvalue weighted by molar-refractivity contribution is 8.09. The van der Waals surface area contributed by atoms with Crippen LogP contribution >= 0.6 is 23.5 Å². The van der Waals surface area contributed by atoms with Crippen LogP contribution in [0.15, 0.2) is 9.81 Å². The molecule has 88 valence electrons. The van der Waals surface area contributed by atoms with Gasteiger partial charge in [-0.2, -0.15) is 0 Å². The summed E-state index contributed by atoms with van der Waals surface area (Å²) in [6.45, 7) is 8.00. The van der Waals surface area contributed by atoms with Gasteiger partial charge in [0.1, 0.15) is 0 Å². The molecule has 0 radical (unpaired) electrons. The third-order valence-electron chi connectivity index (χ3n) is 3.50. The van der Waals surface area contributed by atoms with Crippen molar-refractivity contribution in [2.45, 2.75) is 38.2 Å². The number of ketones is 2. The zero-order chi connectivity index (χ0) is 12.0. The van der Waals surface area contributed by atoms with Crippen LogP contribution in [-0.2, 0) is 9.59 Å². The summed E-state index contributed by atoms with van der Waals surface area (Å²) in [4.78, 5) is 25.5. The fourth-order valence-electron chi connectivity index (χ4n) is 1.86. The van der Waals surface area contributed by atoms with E-state index in [4.69, 9.17) is 0 Å². The molecular weight excluding hydrogens is 240 g/mol. The van der Waals surface area contributed by atoms with Crippen LogP contribution in [0.2, 0.25) is 0 Å². The maximum absolute atomic E-state index is 12.0. The number of hydrogen-bond donors (Lipinski definition) is 0. The van der Waals surface area contributed by atoms with Crippen molar-refractivity contribution in [2.75, 3.05) is 0 Å². The molecule has 2 aliphatic heterocycles. The van der Waals surface area contributed by atoms with Gasteiger partial charge in [0.15, 0.2) is 11.6 Å². The third kappa shape index (κ3) is 1.76. The third-order valence-corrected chi connectivity index (χ3v) is 6.47. The molecule has 0 aromatic rings. The second kappa shape index (κ2) is 4.22. The minimum atomic E-state index is 0.0483. The second-order valence-electron chi connectivity index (χ2n) is 4.61. The Hall–Kier alpha value is -0.220. The summed E-state index contributed by atoms with van der Waals surface area (Å²) in [5, 5.41) is 0.601. The molecule has 4 heteroatoms. The van der Waals surface area contributed by atoms with Gasteiger partial charge in [0.05, 0.1) is 9.81 Å². The predicted molar refractivity (Wildman–Crippen MR) is 69.5 cm³/mol. The summed E-state index contributed by atoms with van der Waals surface area (Å²) < 4.78 is 0. The van der Waals surface area contributed by atoms with Gasteiger partial charge in [-0.15, -0.1) is 23.5 Å². The lowest BCUT2D eigenvalue weighted by Crippen LogP contribution is -2.13. The molecule has 4 unspecified atom stereocenters. The fraction of sp³-hybridized carbons (Fsp3) is 0.667. The van der Waals surface area contributed by atoms with Crippen LogP contribution in [-0.4, -0.2) is 22.1 Å². The minimum Gasteiger partial charge on any atom is -0.293 e. The van der Waals surface area contributed by atoms with Crippen LogP contribution in [0.3, 0.4) is 0 Å². The van der Waals surface area contributed by atoms with Gasteiger partial charge in [0.2, 0.25) is 0 Å². The number of thioether (sulfide) groups is 2. The van der Waals surface area contributed by atoms with Crippen molar-refractivity contribution >= 4 is 35.1 Å². The average Bonchev–Trinajstić information content (AvgIpc) is 2.64. The Balaban J connectivity index is 2.37. The molecule has 0 N–H and O–H groups in total. The van der Waals surface area contributed by atoms with E-state index >= 15 is 0 Å². The Labute approximate surface area is 105 Å².